The maximum absolute atomic E-state index is 15.7. The van der Waals surface area contributed by atoms with Crippen LogP contribution in [-0.4, -0.2) is 93.0 Å². The van der Waals surface area contributed by atoms with Crippen LogP contribution in [0.1, 0.15) is 58.7 Å². The van der Waals surface area contributed by atoms with Gasteiger partial charge in [0.25, 0.3) is 20.2 Å². The van der Waals surface area contributed by atoms with Crippen molar-refractivity contribution < 1.29 is 67.3 Å². The highest BCUT2D eigenvalue weighted by Gasteiger charge is 2.38. The van der Waals surface area contributed by atoms with Crippen molar-refractivity contribution in [2.45, 2.75) is 32.6 Å². The van der Waals surface area contributed by atoms with Crippen LogP contribution in [0.15, 0.2) is 158 Å². The lowest BCUT2D eigenvalue weighted by Gasteiger charge is -2.19. The number of carboxylic acids is 1. The molecule has 3 aliphatic rings. The molecule has 18 nitrogen and oxygen atoms in total. The molecule has 0 radical (unpaired) electrons. The highest BCUT2D eigenvalue weighted by atomic mass is 32.2. The summed E-state index contributed by atoms with van der Waals surface area (Å²) in [5.74, 6) is -0.510. The van der Waals surface area contributed by atoms with Crippen LogP contribution in [0.2, 0.25) is 0 Å². The second-order valence-corrected chi connectivity index (χ2v) is 20.4. The Morgan fingerprint density at radius 2 is 1.37 bits per heavy atom. The summed E-state index contributed by atoms with van der Waals surface area (Å²) >= 11 is 0. The molecule has 400 valence electrons. The second-order valence-electron chi connectivity index (χ2n) is 17.7. The van der Waals surface area contributed by atoms with E-state index in [-0.39, 0.29) is 67.7 Å². The molecule has 5 heterocycles. The molecule has 0 saturated heterocycles. The normalized spacial score (nSPS) is 15.7. The Kier molecular flexibility index (Phi) is 14.8. The van der Waals surface area contributed by atoms with Gasteiger partial charge >= 0.3 is 20.8 Å². The summed E-state index contributed by atoms with van der Waals surface area (Å²) in [5, 5.41) is 11.4. The number of rotatable bonds is 17. The van der Waals surface area contributed by atoms with Gasteiger partial charge in [0.15, 0.2) is 6.61 Å². The number of aromatic nitrogens is 2. The Morgan fingerprint density at radius 1 is 0.731 bits per heavy atom. The van der Waals surface area contributed by atoms with Crippen LogP contribution in [0.5, 0.6) is 17.2 Å². The van der Waals surface area contributed by atoms with Crippen molar-refractivity contribution in [1.82, 2.24) is 19.9 Å². The number of carboxylic acid groups (broad SMARTS) is 1. The van der Waals surface area contributed by atoms with Crippen LogP contribution in [-0.2, 0) is 25.0 Å². The Balaban J connectivity index is 1.16. The van der Waals surface area contributed by atoms with Gasteiger partial charge in [-0.1, -0.05) is 42.5 Å². The number of methoxy groups -OCH3 is 2. The quantitative estimate of drug-likeness (QED) is 0.0326. The average molecular weight is 1110 g/mol. The molecule has 0 atom stereocenters. The third-order valence-corrected chi connectivity index (χ3v) is 15.3. The molecule has 4 aromatic carbocycles. The lowest BCUT2D eigenvalue weighted by atomic mass is 9.94. The fourth-order valence-electron chi connectivity index (χ4n) is 9.86. The number of hydrogen-bond acceptors (Lipinski definition) is 13. The number of halogens is 4. The number of carbonyl (C=O) groups is 1. The van der Waals surface area contributed by atoms with Crippen molar-refractivity contribution >= 4 is 75.0 Å². The van der Waals surface area contributed by atoms with Crippen LogP contribution >= 0.6 is 0 Å². The minimum absolute atomic E-state index is 0.00305. The molecule has 0 bridgehead atoms. The van der Waals surface area contributed by atoms with Crippen LogP contribution in [0.4, 0.5) is 23.0 Å². The first-order valence-corrected chi connectivity index (χ1v) is 26.3. The van der Waals surface area contributed by atoms with Gasteiger partial charge in [-0.25, -0.2) is 9.79 Å². The van der Waals surface area contributed by atoms with Crippen LogP contribution in [0, 0.1) is 13.8 Å². The highest BCUT2D eigenvalue weighted by molar-refractivity contribution is 7.91. The van der Waals surface area contributed by atoms with Gasteiger partial charge in [0.2, 0.25) is 0 Å². The van der Waals surface area contributed by atoms with E-state index in [0.717, 1.165) is 11.4 Å². The van der Waals surface area contributed by atoms with Gasteiger partial charge in [-0.15, -0.1) is 5.53 Å². The number of ether oxygens (including phenoxy) is 3. The van der Waals surface area contributed by atoms with Crippen molar-refractivity contribution in [1.29, 1.82) is 0 Å². The summed E-state index contributed by atoms with van der Waals surface area (Å²) in [6.45, 7) is 4.06. The maximum atomic E-state index is 15.7. The summed E-state index contributed by atoms with van der Waals surface area (Å²) in [7, 11) is -13.5. The van der Waals surface area contributed by atoms with E-state index >= 15 is 17.3 Å². The third kappa shape index (κ3) is 10.1. The molecule has 9 rings (SSSR count). The molecule has 2 aromatic heterocycles. The molecule has 0 fully saturated rings. The minimum atomic E-state index is -5.08. The highest BCUT2D eigenvalue weighted by Crippen LogP contribution is 2.44. The first-order chi connectivity index (χ1) is 37.0. The van der Waals surface area contributed by atoms with Crippen molar-refractivity contribution in [3.8, 4) is 28.5 Å². The van der Waals surface area contributed by atoms with Gasteiger partial charge in [0.1, 0.15) is 27.0 Å². The number of hydrazine groups is 2. The molecule has 0 spiro atoms. The van der Waals surface area contributed by atoms with E-state index < -0.39 is 68.8 Å². The molecule has 0 amide bonds. The van der Waals surface area contributed by atoms with Crippen LogP contribution in [0.3, 0.4) is 0 Å². The van der Waals surface area contributed by atoms with Gasteiger partial charge in [-0.2, -0.15) is 16.8 Å². The average Bonchev–Trinajstić information content (AvgIpc) is 4.43. The zero-order valence-corrected chi connectivity index (χ0v) is 43.7. The fraction of sp³-hybridized carbons (Fsp3) is 0.135. The zero-order chi connectivity index (χ0) is 56.1. The summed E-state index contributed by atoms with van der Waals surface area (Å²) in [6.07, 6.45) is 4.97. The largest absolute Gasteiger partial charge is 0.678 e. The molecule has 0 aliphatic carbocycles. The van der Waals surface area contributed by atoms with Crippen molar-refractivity contribution in [3.05, 3.63) is 188 Å². The Morgan fingerprint density at radius 3 is 1.97 bits per heavy atom. The van der Waals surface area contributed by atoms with Gasteiger partial charge in [-0.3, -0.25) is 36.4 Å². The van der Waals surface area contributed by atoms with Gasteiger partial charge in [0, 0.05) is 62.4 Å². The van der Waals surface area contributed by atoms with E-state index in [2.05, 4.69) is 16.0 Å². The van der Waals surface area contributed by atoms with Gasteiger partial charge in [-0.05, 0) is 117 Å². The molecule has 3 aliphatic heterocycles. The molecular weight excluding hydrogens is 1060 g/mol. The standard InChI is InChI=1S/C52H45B2F4N7O11S2/c1-28-49(59-30(3)51(28)77(68,69)70)47(50-29(2)52(78(71,72)73)31(4)64(50)53(55)56)32-15-18-34(19-16-32)63-26-40(61-62-63)33-17-20-37(45(25-33)76-27-46(66)67)48(39-22-21-38(60-39)35-11-7-9-13-43(35)74-5)42-24-23-41(65(42)54(57)58)36-12-8-10-14-44(36)75-6/h7-26,61-62H,27H2,1-6H3,(H,66,67)(H,68,69,70)(H,71,72,73)/b48-39-,49-47-. The molecular formula is C52H45B2F4N7O11S2. The first-order valence-electron chi connectivity index (χ1n) is 23.4. The molecule has 26 heteroatoms. The van der Waals surface area contributed by atoms with E-state index in [4.69, 9.17) is 19.2 Å². The number of benzene rings is 4. The number of anilines is 1. The first kappa shape index (κ1) is 54.4. The number of para-hydroxylation sites is 2. The zero-order valence-electron chi connectivity index (χ0n) is 42.1. The van der Waals surface area contributed by atoms with Crippen LogP contribution < -0.4 is 30.2 Å². The molecule has 0 saturated carbocycles. The summed E-state index contributed by atoms with van der Waals surface area (Å²) < 4.78 is 150. The lowest BCUT2D eigenvalue weighted by molar-refractivity contribution is -0.139. The summed E-state index contributed by atoms with van der Waals surface area (Å²) in [5.41, 5.74) is 7.76. The fourth-order valence-corrected chi connectivity index (χ4v) is 11.7. The van der Waals surface area contributed by atoms with Gasteiger partial charge in [0.05, 0.1) is 48.4 Å². The number of hydrogen-bond donors (Lipinski definition) is 5. The van der Waals surface area contributed by atoms with E-state index in [0.29, 0.717) is 49.8 Å². The van der Waals surface area contributed by atoms with E-state index in [9.17, 15) is 35.8 Å². The number of aliphatic imine (C=N–C) groups is 2. The Labute approximate surface area is 445 Å². The smallest absolute Gasteiger partial charge is 0.496 e. The topological polar surface area (TPSA) is 236 Å². The molecule has 78 heavy (non-hydrogen) atoms. The Hall–Kier alpha value is -8.42. The molecule has 6 aromatic rings. The SMILES string of the molecule is COc1ccccc1C1=N/C(=C(/c2ccc(C3=CN(c4ccc(/C(=C5/N=C(C)C(S(=O)(=O)O)=C5C)c5c(C)c(S(=O)(=O)O)c(C)n5B(F)F)cc4)NN3)cc2OCC(=O)O)c2ccc(-c3ccccc3OC)n2B(F)F)C=C1. The minimum Gasteiger partial charge on any atom is -0.496 e. The summed E-state index contributed by atoms with van der Waals surface area (Å²) in [6, 6.07) is 27.7. The second kappa shape index (κ2) is 21.2. The number of aliphatic carboxylic acids is 1. The number of allylic oxidation sites excluding steroid dienone is 4. The predicted molar refractivity (Wildman–Crippen MR) is 288 cm³/mol. The Bertz CT molecular complexity index is 3940. The molecule has 0 unspecified atom stereocenters. The van der Waals surface area contributed by atoms with Gasteiger partial charge < -0.3 is 33.7 Å². The lowest BCUT2D eigenvalue weighted by Crippen LogP contribution is -2.36. The van der Waals surface area contributed by atoms with Crippen molar-refractivity contribution in [2.75, 3.05) is 25.8 Å². The van der Waals surface area contributed by atoms with E-state index in [1.165, 1.54) is 70.3 Å². The third-order valence-electron chi connectivity index (χ3n) is 13.1. The maximum Gasteiger partial charge on any atom is 0.678 e. The summed E-state index contributed by atoms with van der Waals surface area (Å²) in [4.78, 5) is 20.0. The monoisotopic (exact) mass is 1110 g/mol. The van der Waals surface area contributed by atoms with Crippen molar-refractivity contribution in [2.24, 2.45) is 9.98 Å². The van der Waals surface area contributed by atoms with Crippen molar-refractivity contribution in [3.63, 3.8) is 0 Å². The van der Waals surface area contributed by atoms with E-state index in [1.54, 1.807) is 91.1 Å². The number of nitrogens with zero attached hydrogens (tertiary/aromatic N) is 5. The van der Waals surface area contributed by atoms with Crippen LogP contribution in [0.25, 0.3) is 28.1 Å². The molecule has 5 N–H and O–H groups in total. The predicted octanol–water partition coefficient (Wildman–Crippen LogP) is 8.89. The number of nitrogens with one attached hydrogen (secondary N) is 2. The van der Waals surface area contributed by atoms with E-state index in [1.807, 2.05) is 0 Å².